The zero-order chi connectivity index (χ0) is 22.7. The lowest BCUT2D eigenvalue weighted by Gasteiger charge is -2.35. The molecule has 6 aromatic rings. The van der Waals surface area contributed by atoms with Crippen molar-refractivity contribution in [3.63, 3.8) is 0 Å². The lowest BCUT2D eigenvalue weighted by atomic mass is 9.66. The average Bonchev–Trinajstić information content (AvgIpc) is 3.18. The second-order valence-corrected chi connectivity index (χ2v) is 9.43. The first kappa shape index (κ1) is 19.3. The number of rotatable bonds is 2. The fourth-order valence-corrected chi connectivity index (χ4v) is 6.13. The highest BCUT2D eigenvalue weighted by Crippen LogP contribution is 2.57. The van der Waals surface area contributed by atoms with Gasteiger partial charge < -0.3 is 0 Å². The van der Waals surface area contributed by atoms with Gasteiger partial charge in [0.05, 0.1) is 5.41 Å². The van der Waals surface area contributed by atoms with Crippen molar-refractivity contribution in [2.75, 3.05) is 0 Å². The molecule has 0 N–H and O–H groups in total. The molecule has 0 radical (unpaired) electrons. The Bertz CT molecular complexity index is 1720. The molecule has 7 rings (SSSR count). The molecule has 1 aliphatic rings. The Balaban J connectivity index is 1.70. The topological polar surface area (TPSA) is 0 Å². The van der Waals surface area contributed by atoms with E-state index in [-0.39, 0.29) is 5.41 Å². The first-order chi connectivity index (χ1) is 16.8. The Morgan fingerprint density at radius 1 is 0.441 bits per heavy atom. The van der Waals surface area contributed by atoms with Crippen LogP contribution in [-0.2, 0) is 5.41 Å². The molecule has 1 atom stereocenters. The number of hydrogen-bond donors (Lipinski definition) is 0. The molecule has 0 heteroatoms. The van der Waals surface area contributed by atoms with Crippen molar-refractivity contribution >= 4 is 21.5 Å². The Kier molecular flexibility index (Phi) is 4.07. The van der Waals surface area contributed by atoms with E-state index in [1.807, 2.05) is 0 Å². The quantitative estimate of drug-likeness (QED) is 0.256. The summed E-state index contributed by atoms with van der Waals surface area (Å²) in [5.74, 6) is 0. The van der Waals surface area contributed by atoms with Crippen LogP contribution in [0, 0.1) is 6.92 Å². The first-order valence-corrected chi connectivity index (χ1v) is 12.0. The van der Waals surface area contributed by atoms with Crippen molar-refractivity contribution in [1.82, 2.24) is 0 Å². The molecule has 0 saturated heterocycles. The van der Waals surface area contributed by atoms with Crippen LogP contribution in [0.2, 0.25) is 0 Å². The van der Waals surface area contributed by atoms with Gasteiger partial charge >= 0.3 is 0 Å². The molecule has 0 nitrogen and oxygen atoms in total. The van der Waals surface area contributed by atoms with Crippen LogP contribution in [0.5, 0.6) is 0 Å². The predicted octanol–water partition coefficient (Wildman–Crippen LogP) is 8.66. The second-order valence-electron chi connectivity index (χ2n) is 9.43. The smallest absolute Gasteiger partial charge is 0.0619 e. The maximum atomic E-state index is 2.41. The summed E-state index contributed by atoms with van der Waals surface area (Å²) in [5, 5.41) is 5.13. The molecule has 0 aliphatic heterocycles. The van der Waals surface area contributed by atoms with Crippen LogP contribution >= 0.6 is 0 Å². The maximum absolute atomic E-state index is 2.41. The summed E-state index contributed by atoms with van der Waals surface area (Å²) >= 11 is 0. The molecule has 1 unspecified atom stereocenters. The molecule has 0 saturated carbocycles. The van der Waals surface area contributed by atoms with Gasteiger partial charge in [-0.2, -0.15) is 0 Å². The van der Waals surface area contributed by atoms with Crippen LogP contribution in [-0.4, -0.2) is 0 Å². The van der Waals surface area contributed by atoms with E-state index in [9.17, 15) is 0 Å². The summed E-state index contributed by atoms with van der Waals surface area (Å²) in [6, 6.07) is 47.3. The third-order valence-corrected chi connectivity index (χ3v) is 7.58. The van der Waals surface area contributed by atoms with E-state index < -0.39 is 0 Å². The van der Waals surface area contributed by atoms with Gasteiger partial charge in [0.15, 0.2) is 0 Å². The monoisotopic (exact) mass is 432 g/mol. The van der Waals surface area contributed by atoms with E-state index >= 15 is 0 Å². The van der Waals surface area contributed by atoms with Gasteiger partial charge in [-0.3, -0.25) is 0 Å². The normalized spacial score (nSPS) is 16.5. The lowest BCUT2D eigenvalue weighted by molar-refractivity contribution is 0.777. The largest absolute Gasteiger partial charge is 0.0719 e. The van der Waals surface area contributed by atoms with Crippen molar-refractivity contribution in [2.24, 2.45) is 0 Å². The van der Waals surface area contributed by atoms with Gasteiger partial charge in [-0.25, -0.2) is 0 Å². The number of aryl methyl sites for hydroxylation is 1. The summed E-state index contributed by atoms with van der Waals surface area (Å²) in [6.45, 7) is 2.19. The Morgan fingerprint density at radius 3 is 2.03 bits per heavy atom. The highest BCUT2D eigenvalue weighted by molar-refractivity contribution is 5.95. The maximum Gasteiger partial charge on any atom is 0.0719 e. The molecule has 0 spiro atoms. The lowest BCUT2D eigenvalue weighted by Crippen LogP contribution is -2.29. The van der Waals surface area contributed by atoms with E-state index in [4.69, 9.17) is 0 Å². The molecule has 0 fully saturated rings. The molecule has 0 bridgehead atoms. The van der Waals surface area contributed by atoms with E-state index in [0.29, 0.717) is 0 Å². The molecule has 34 heavy (non-hydrogen) atoms. The third-order valence-electron chi connectivity index (χ3n) is 7.58. The highest BCUT2D eigenvalue weighted by Gasteiger charge is 2.46. The van der Waals surface area contributed by atoms with Crippen molar-refractivity contribution < 1.29 is 0 Å². The second kappa shape index (κ2) is 7.17. The molecular weight excluding hydrogens is 408 g/mol. The Morgan fingerprint density at radius 2 is 1.12 bits per heavy atom. The first-order valence-electron chi connectivity index (χ1n) is 12.0. The molecule has 0 amide bonds. The van der Waals surface area contributed by atoms with Crippen molar-refractivity contribution in [1.29, 1.82) is 0 Å². The summed E-state index contributed by atoms with van der Waals surface area (Å²) < 4.78 is 0. The summed E-state index contributed by atoms with van der Waals surface area (Å²) in [4.78, 5) is 0. The minimum absolute atomic E-state index is 0.384. The number of hydrogen-bond acceptors (Lipinski definition) is 0. The molecule has 160 valence electrons. The van der Waals surface area contributed by atoms with Gasteiger partial charge in [0, 0.05) is 0 Å². The molecular formula is C34H24. The van der Waals surface area contributed by atoms with Crippen molar-refractivity contribution in [2.45, 2.75) is 12.3 Å². The summed E-state index contributed by atoms with van der Waals surface area (Å²) in [7, 11) is 0. The van der Waals surface area contributed by atoms with E-state index in [2.05, 4.69) is 134 Å². The standard InChI is InChI=1S/C34H24/c1-23-17-20-33-30(21-23)29-14-6-7-15-32(29)34(33,27-19-18-24-9-2-3-11-26(24)22-27)31-16-8-12-25-10-4-5-13-28(25)31/h2-22H,1H3. The van der Waals surface area contributed by atoms with Gasteiger partial charge in [0.1, 0.15) is 0 Å². The zero-order valence-corrected chi connectivity index (χ0v) is 19.1. The van der Waals surface area contributed by atoms with Gasteiger partial charge in [0.25, 0.3) is 0 Å². The third kappa shape index (κ3) is 2.54. The SMILES string of the molecule is Cc1ccc2c(c1)-c1ccccc1C2(c1ccc2ccccc2c1)c1cccc2ccccc12. The predicted molar refractivity (Wildman–Crippen MR) is 143 cm³/mol. The molecule has 6 aromatic carbocycles. The van der Waals surface area contributed by atoms with Crippen LogP contribution in [0.15, 0.2) is 127 Å². The van der Waals surface area contributed by atoms with Crippen molar-refractivity contribution in [3.05, 3.63) is 155 Å². The van der Waals surface area contributed by atoms with Crippen LogP contribution in [0.4, 0.5) is 0 Å². The van der Waals surface area contributed by atoms with Crippen LogP contribution in [0.3, 0.4) is 0 Å². The zero-order valence-electron chi connectivity index (χ0n) is 19.1. The van der Waals surface area contributed by atoms with E-state index in [1.165, 1.54) is 60.5 Å². The average molecular weight is 433 g/mol. The number of fused-ring (bicyclic) bond motifs is 5. The van der Waals surface area contributed by atoms with E-state index in [0.717, 1.165) is 0 Å². The van der Waals surface area contributed by atoms with Crippen LogP contribution < -0.4 is 0 Å². The minimum atomic E-state index is -0.384. The molecule has 0 aromatic heterocycles. The highest BCUT2D eigenvalue weighted by atomic mass is 14.5. The van der Waals surface area contributed by atoms with Gasteiger partial charge in [0.2, 0.25) is 0 Å². The Hall–Kier alpha value is -4.16. The summed E-state index contributed by atoms with van der Waals surface area (Å²) in [5.41, 5.74) is 8.98. The van der Waals surface area contributed by atoms with Crippen LogP contribution in [0.25, 0.3) is 32.7 Å². The summed E-state index contributed by atoms with van der Waals surface area (Å²) in [6.07, 6.45) is 0. The number of benzene rings is 6. The van der Waals surface area contributed by atoms with Crippen molar-refractivity contribution in [3.8, 4) is 11.1 Å². The molecule has 0 heterocycles. The Labute approximate surface area is 200 Å². The fourth-order valence-electron chi connectivity index (χ4n) is 6.13. The van der Waals surface area contributed by atoms with Crippen LogP contribution in [0.1, 0.15) is 27.8 Å². The van der Waals surface area contributed by atoms with Gasteiger partial charge in [-0.1, -0.05) is 127 Å². The van der Waals surface area contributed by atoms with Gasteiger partial charge in [-0.15, -0.1) is 0 Å². The molecule has 1 aliphatic carbocycles. The van der Waals surface area contributed by atoms with E-state index in [1.54, 1.807) is 0 Å². The fraction of sp³-hybridized carbons (Fsp3) is 0.0588. The van der Waals surface area contributed by atoms with Gasteiger partial charge in [-0.05, 0) is 67.9 Å². The minimum Gasteiger partial charge on any atom is -0.0619 e.